The molecule has 1 saturated heterocycles. The van der Waals surface area contributed by atoms with Crippen molar-refractivity contribution in [2.45, 2.75) is 31.5 Å². The zero-order valence-electron chi connectivity index (χ0n) is 12.3. The minimum Gasteiger partial charge on any atom is -0.381 e. The van der Waals surface area contributed by atoms with Gasteiger partial charge in [0.15, 0.2) is 0 Å². The SMILES string of the molecule is COCc1cccc(CNC(=O)C2(N)CCOCC2)c1.Cl. The number of benzene rings is 1. The number of ether oxygens (including phenoxy) is 2. The number of carbonyl (C=O) groups is 1. The van der Waals surface area contributed by atoms with Gasteiger partial charge in [0, 0.05) is 26.9 Å². The summed E-state index contributed by atoms with van der Waals surface area (Å²) in [6.45, 7) is 2.15. The molecule has 0 radical (unpaired) electrons. The molecule has 0 bridgehead atoms. The van der Waals surface area contributed by atoms with E-state index >= 15 is 0 Å². The van der Waals surface area contributed by atoms with Crippen LogP contribution in [0.2, 0.25) is 0 Å². The molecule has 1 aliphatic rings. The van der Waals surface area contributed by atoms with Crippen LogP contribution in [0.4, 0.5) is 0 Å². The van der Waals surface area contributed by atoms with Gasteiger partial charge < -0.3 is 20.5 Å². The molecule has 0 saturated carbocycles. The van der Waals surface area contributed by atoms with Crippen molar-refractivity contribution in [1.82, 2.24) is 5.32 Å². The fourth-order valence-corrected chi connectivity index (χ4v) is 2.32. The maximum absolute atomic E-state index is 12.2. The summed E-state index contributed by atoms with van der Waals surface area (Å²) >= 11 is 0. The minimum absolute atomic E-state index is 0. The third kappa shape index (κ3) is 4.97. The van der Waals surface area contributed by atoms with Crippen molar-refractivity contribution in [3.8, 4) is 0 Å². The van der Waals surface area contributed by atoms with Gasteiger partial charge in [-0.1, -0.05) is 24.3 Å². The van der Waals surface area contributed by atoms with Gasteiger partial charge in [-0.3, -0.25) is 4.79 Å². The second kappa shape index (κ2) is 8.34. The number of carbonyl (C=O) groups excluding carboxylic acids is 1. The molecule has 2 rings (SSSR count). The van der Waals surface area contributed by atoms with Crippen LogP contribution in [-0.2, 0) is 27.4 Å². The van der Waals surface area contributed by atoms with E-state index in [2.05, 4.69) is 5.32 Å². The van der Waals surface area contributed by atoms with Gasteiger partial charge in [0.25, 0.3) is 0 Å². The Kier molecular flexibility index (Phi) is 7.11. The Balaban J connectivity index is 0.00000220. The summed E-state index contributed by atoms with van der Waals surface area (Å²) in [4.78, 5) is 12.2. The van der Waals surface area contributed by atoms with Crippen LogP contribution in [0.25, 0.3) is 0 Å². The van der Waals surface area contributed by atoms with Crippen LogP contribution in [0.3, 0.4) is 0 Å². The Hall–Kier alpha value is -1.14. The van der Waals surface area contributed by atoms with Crippen LogP contribution in [0.1, 0.15) is 24.0 Å². The van der Waals surface area contributed by atoms with Crippen LogP contribution in [-0.4, -0.2) is 31.8 Å². The minimum atomic E-state index is -0.789. The zero-order chi connectivity index (χ0) is 14.4. The van der Waals surface area contributed by atoms with Crippen molar-refractivity contribution < 1.29 is 14.3 Å². The maximum atomic E-state index is 12.2. The number of amides is 1. The highest BCUT2D eigenvalue weighted by Gasteiger charge is 2.35. The molecule has 1 heterocycles. The number of hydrogen-bond donors (Lipinski definition) is 2. The Bertz CT molecular complexity index is 462. The Morgan fingerprint density at radius 2 is 2.05 bits per heavy atom. The average molecular weight is 315 g/mol. The summed E-state index contributed by atoms with van der Waals surface area (Å²) in [6.07, 6.45) is 1.14. The molecule has 6 heteroatoms. The lowest BCUT2D eigenvalue weighted by Crippen LogP contribution is -2.56. The van der Waals surface area contributed by atoms with Gasteiger partial charge in [-0.25, -0.2) is 0 Å². The highest BCUT2D eigenvalue weighted by Crippen LogP contribution is 2.18. The highest BCUT2D eigenvalue weighted by atomic mass is 35.5. The first kappa shape index (κ1) is 17.9. The molecular formula is C15H23ClN2O3. The number of nitrogens with two attached hydrogens (primary N) is 1. The van der Waals surface area contributed by atoms with Crippen LogP contribution in [0, 0.1) is 0 Å². The summed E-state index contributed by atoms with van der Waals surface area (Å²) in [5.41, 5.74) is 7.48. The van der Waals surface area contributed by atoms with Gasteiger partial charge in [-0.2, -0.15) is 0 Å². The van der Waals surface area contributed by atoms with Crippen LogP contribution in [0.15, 0.2) is 24.3 Å². The molecule has 0 atom stereocenters. The van der Waals surface area contributed by atoms with Gasteiger partial charge >= 0.3 is 0 Å². The van der Waals surface area contributed by atoms with E-state index in [0.717, 1.165) is 11.1 Å². The first-order chi connectivity index (χ1) is 9.64. The molecule has 0 unspecified atom stereocenters. The zero-order valence-corrected chi connectivity index (χ0v) is 13.1. The van der Waals surface area contributed by atoms with E-state index in [-0.39, 0.29) is 18.3 Å². The van der Waals surface area contributed by atoms with Crippen molar-refractivity contribution in [3.63, 3.8) is 0 Å². The number of nitrogens with one attached hydrogen (secondary N) is 1. The molecule has 1 aliphatic heterocycles. The maximum Gasteiger partial charge on any atom is 0.240 e. The molecule has 1 fully saturated rings. The Labute approximate surface area is 131 Å². The smallest absolute Gasteiger partial charge is 0.240 e. The van der Waals surface area contributed by atoms with Crippen molar-refractivity contribution in [1.29, 1.82) is 0 Å². The first-order valence-corrected chi connectivity index (χ1v) is 6.86. The van der Waals surface area contributed by atoms with Gasteiger partial charge in [0.05, 0.1) is 12.1 Å². The second-order valence-electron chi connectivity index (χ2n) is 5.20. The molecule has 0 aromatic heterocycles. The van der Waals surface area contributed by atoms with E-state index in [9.17, 15) is 4.79 Å². The molecule has 0 aliphatic carbocycles. The summed E-state index contributed by atoms with van der Waals surface area (Å²) in [7, 11) is 1.66. The summed E-state index contributed by atoms with van der Waals surface area (Å²) in [5.74, 6) is -0.0991. The largest absolute Gasteiger partial charge is 0.381 e. The highest BCUT2D eigenvalue weighted by molar-refractivity contribution is 5.86. The molecule has 0 spiro atoms. The van der Waals surface area contributed by atoms with Crippen LogP contribution < -0.4 is 11.1 Å². The Morgan fingerprint density at radius 1 is 1.38 bits per heavy atom. The molecule has 118 valence electrons. The van der Waals surface area contributed by atoms with Crippen molar-refractivity contribution in [3.05, 3.63) is 35.4 Å². The van der Waals surface area contributed by atoms with E-state index in [1.165, 1.54) is 0 Å². The predicted octanol–water partition coefficient (Wildman–Crippen LogP) is 1.38. The lowest BCUT2D eigenvalue weighted by molar-refractivity contribution is -0.129. The van der Waals surface area contributed by atoms with Crippen molar-refractivity contribution in [2.24, 2.45) is 5.73 Å². The predicted molar refractivity (Wildman–Crippen MR) is 83.2 cm³/mol. The molecule has 1 aromatic rings. The lowest BCUT2D eigenvalue weighted by atomic mass is 9.90. The number of rotatable bonds is 5. The van der Waals surface area contributed by atoms with Crippen molar-refractivity contribution >= 4 is 18.3 Å². The fourth-order valence-electron chi connectivity index (χ4n) is 2.32. The van der Waals surface area contributed by atoms with E-state index in [0.29, 0.717) is 39.2 Å². The Morgan fingerprint density at radius 3 is 2.71 bits per heavy atom. The molecule has 3 N–H and O–H groups in total. The first-order valence-electron chi connectivity index (χ1n) is 6.86. The van der Waals surface area contributed by atoms with E-state index < -0.39 is 5.54 Å². The van der Waals surface area contributed by atoms with Gasteiger partial charge in [-0.05, 0) is 24.0 Å². The normalized spacial score (nSPS) is 16.9. The molecular weight excluding hydrogens is 292 g/mol. The standard InChI is InChI=1S/C15H22N2O3.ClH/c1-19-11-13-4-2-3-12(9-13)10-17-14(18)15(16)5-7-20-8-6-15;/h2-4,9H,5-8,10-11,16H2,1H3,(H,17,18);1H. The number of methoxy groups -OCH3 is 1. The molecule has 21 heavy (non-hydrogen) atoms. The summed E-state index contributed by atoms with van der Waals surface area (Å²) < 4.78 is 10.3. The topological polar surface area (TPSA) is 73.6 Å². The second-order valence-corrected chi connectivity index (χ2v) is 5.20. The van der Waals surface area contributed by atoms with E-state index in [4.69, 9.17) is 15.2 Å². The van der Waals surface area contributed by atoms with Gasteiger partial charge in [0.2, 0.25) is 5.91 Å². The third-order valence-corrected chi connectivity index (χ3v) is 3.59. The lowest BCUT2D eigenvalue weighted by Gasteiger charge is -2.31. The molecule has 1 aromatic carbocycles. The average Bonchev–Trinajstić information content (AvgIpc) is 2.46. The monoisotopic (exact) mass is 314 g/mol. The van der Waals surface area contributed by atoms with Crippen molar-refractivity contribution in [2.75, 3.05) is 20.3 Å². The van der Waals surface area contributed by atoms with E-state index in [1.54, 1.807) is 7.11 Å². The molecule has 1 amide bonds. The van der Waals surface area contributed by atoms with E-state index in [1.807, 2.05) is 24.3 Å². The van der Waals surface area contributed by atoms with Crippen LogP contribution >= 0.6 is 12.4 Å². The quantitative estimate of drug-likeness (QED) is 0.861. The van der Waals surface area contributed by atoms with Crippen LogP contribution in [0.5, 0.6) is 0 Å². The summed E-state index contributed by atoms with van der Waals surface area (Å²) in [6, 6.07) is 7.96. The number of halogens is 1. The summed E-state index contributed by atoms with van der Waals surface area (Å²) in [5, 5.41) is 2.92. The third-order valence-electron chi connectivity index (χ3n) is 3.59. The molecule has 5 nitrogen and oxygen atoms in total. The fraction of sp³-hybridized carbons (Fsp3) is 0.533. The van der Waals surface area contributed by atoms with Gasteiger partial charge in [0.1, 0.15) is 0 Å². The number of hydrogen-bond acceptors (Lipinski definition) is 4. The van der Waals surface area contributed by atoms with Gasteiger partial charge in [-0.15, -0.1) is 12.4 Å².